The molecule has 1 aliphatic carbocycles. The molecular formula is C17H23N3S. The molecule has 0 aliphatic heterocycles. The maximum absolute atomic E-state index is 4.79. The van der Waals surface area contributed by atoms with Gasteiger partial charge in [0.2, 0.25) is 0 Å². The van der Waals surface area contributed by atoms with Crippen molar-refractivity contribution in [3.8, 4) is 11.3 Å². The summed E-state index contributed by atoms with van der Waals surface area (Å²) in [6.45, 7) is 9.00. The molecular weight excluding hydrogens is 278 g/mol. The topological polar surface area (TPSA) is 29.9 Å². The molecule has 1 saturated carbocycles. The van der Waals surface area contributed by atoms with E-state index in [4.69, 9.17) is 4.98 Å². The van der Waals surface area contributed by atoms with Gasteiger partial charge >= 0.3 is 0 Å². The van der Waals surface area contributed by atoms with Crippen LogP contribution in [0.4, 0.5) is 5.13 Å². The van der Waals surface area contributed by atoms with Gasteiger partial charge in [-0.05, 0) is 32.8 Å². The third-order valence-electron chi connectivity index (χ3n) is 4.35. The molecule has 0 bridgehead atoms. The van der Waals surface area contributed by atoms with Crippen molar-refractivity contribution in [2.45, 2.75) is 52.1 Å². The second-order valence-corrected chi connectivity index (χ2v) is 6.71. The molecule has 1 fully saturated rings. The van der Waals surface area contributed by atoms with Crippen LogP contribution in [0.3, 0.4) is 0 Å². The van der Waals surface area contributed by atoms with Gasteiger partial charge in [-0.2, -0.15) is 0 Å². The molecule has 2 heterocycles. The zero-order valence-electron chi connectivity index (χ0n) is 12.9. The lowest BCUT2D eigenvalue weighted by Crippen LogP contribution is -2.14. The first-order valence-electron chi connectivity index (χ1n) is 7.69. The Morgan fingerprint density at radius 3 is 2.90 bits per heavy atom. The predicted molar refractivity (Wildman–Crippen MR) is 91.1 cm³/mol. The maximum Gasteiger partial charge on any atom is 0.183 e. The molecule has 0 atom stereocenters. The monoisotopic (exact) mass is 301 g/mol. The minimum absolute atomic E-state index is 0.622. The van der Waals surface area contributed by atoms with Gasteiger partial charge in [-0.3, -0.25) is 0 Å². The summed E-state index contributed by atoms with van der Waals surface area (Å²) >= 11 is 1.72. The Morgan fingerprint density at radius 1 is 1.43 bits per heavy atom. The van der Waals surface area contributed by atoms with Gasteiger partial charge in [0.1, 0.15) is 0 Å². The Bertz CT molecular complexity index is 633. The Balaban J connectivity index is 1.82. The number of nitrogens with zero attached hydrogens (tertiary/aromatic N) is 2. The van der Waals surface area contributed by atoms with Crippen LogP contribution in [0.2, 0.25) is 0 Å². The normalized spacial score (nSPS) is 15.5. The molecule has 112 valence electrons. The van der Waals surface area contributed by atoms with Gasteiger partial charge in [0.25, 0.3) is 0 Å². The quantitative estimate of drug-likeness (QED) is 0.806. The van der Waals surface area contributed by atoms with Gasteiger partial charge < -0.3 is 9.88 Å². The van der Waals surface area contributed by atoms with Gasteiger partial charge in [-0.15, -0.1) is 17.9 Å². The Morgan fingerprint density at radius 2 is 2.19 bits per heavy atom. The van der Waals surface area contributed by atoms with Crippen LogP contribution in [0, 0.1) is 13.8 Å². The van der Waals surface area contributed by atoms with Crippen LogP contribution in [0.1, 0.15) is 37.1 Å². The third kappa shape index (κ3) is 2.91. The molecule has 0 radical (unpaired) electrons. The van der Waals surface area contributed by atoms with E-state index < -0.39 is 0 Å². The molecule has 3 rings (SSSR count). The molecule has 1 aliphatic rings. The van der Waals surface area contributed by atoms with E-state index in [-0.39, 0.29) is 0 Å². The summed E-state index contributed by atoms with van der Waals surface area (Å²) in [5.74, 6) is 0. The van der Waals surface area contributed by atoms with E-state index >= 15 is 0 Å². The van der Waals surface area contributed by atoms with Crippen LogP contribution in [0.25, 0.3) is 11.3 Å². The van der Waals surface area contributed by atoms with Crippen LogP contribution in [0.15, 0.2) is 24.1 Å². The molecule has 2 aromatic heterocycles. The first-order chi connectivity index (χ1) is 10.2. The summed E-state index contributed by atoms with van der Waals surface area (Å²) in [4.78, 5) is 4.79. The summed E-state index contributed by atoms with van der Waals surface area (Å²) in [5.41, 5.74) is 4.86. The maximum atomic E-state index is 4.79. The highest BCUT2D eigenvalue weighted by molar-refractivity contribution is 7.14. The summed E-state index contributed by atoms with van der Waals surface area (Å²) < 4.78 is 2.28. The number of anilines is 1. The Kier molecular flexibility index (Phi) is 4.15. The Labute approximate surface area is 130 Å². The molecule has 21 heavy (non-hydrogen) atoms. The second kappa shape index (κ2) is 6.06. The minimum atomic E-state index is 0.622. The van der Waals surface area contributed by atoms with E-state index in [0.29, 0.717) is 6.04 Å². The summed E-state index contributed by atoms with van der Waals surface area (Å²) in [5, 5.41) is 6.81. The van der Waals surface area contributed by atoms with Crippen molar-refractivity contribution in [1.82, 2.24) is 9.55 Å². The smallest absolute Gasteiger partial charge is 0.183 e. The highest BCUT2D eigenvalue weighted by atomic mass is 32.1. The lowest BCUT2D eigenvalue weighted by molar-refractivity contribution is 0.754. The van der Waals surface area contributed by atoms with Crippen molar-refractivity contribution >= 4 is 16.5 Å². The average Bonchev–Trinajstić information content (AvgIpc) is 3.17. The standard InChI is InChI=1S/C17H23N3S/c1-4-9-20-12(2)10-15(13(20)3)16-11-21-17(19-16)18-14-7-5-6-8-14/h4,10-11,14H,1,5-9H2,2-3H3,(H,18,19). The van der Waals surface area contributed by atoms with Crippen molar-refractivity contribution in [1.29, 1.82) is 0 Å². The molecule has 0 unspecified atom stereocenters. The number of aryl methyl sites for hydroxylation is 1. The van der Waals surface area contributed by atoms with E-state index in [9.17, 15) is 0 Å². The molecule has 0 spiro atoms. The average molecular weight is 301 g/mol. The van der Waals surface area contributed by atoms with Crippen molar-refractivity contribution < 1.29 is 0 Å². The van der Waals surface area contributed by atoms with Crippen LogP contribution in [0.5, 0.6) is 0 Å². The van der Waals surface area contributed by atoms with Gasteiger partial charge in [0, 0.05) is 34.9 Å². The van der Waals surface area contributed by atoms with E-state index in [0.717, 1.165) is 17.4 Å². The van der Waals surface area contributed by atoms with Gasteiger partial charge in [0.15, 0.2) is 5.13 Å². The zero-order chi connectivity index (χ0) is 14.8. The number of thiazole rings is 1. The first-order valence-corrected chi connectivity index (χ1v) is 8.57. The van der Waals surface area contributed by atoms with Crippen LogP contribution >= 0.6 is 11.3 Å². The van der Waals surface area contributed by atoms with Crippen molar-refractivity contribution in [2.75, 3.05) is 5.32 Å². The van der Waals surface area contributed by atoms with Crippen molar-refractivity contribution in [2.24, 2.45) is 0 Å². The van der Waals surface area contributed by atoms with Gasteiger partial charge in [-0.25, -0.2) is 4.98 Å². The number of nitrogens with one attached hydrogen (secondary N) is 1. The molecule has 1 N–H and O–H groups in total. The molecule has 3 nitrogen and oxygen atoms in total. The van der Waals surface area contributed by atoms with Crippen molar-refractivity contribution in [3.05, 3.63) is 35.5 Å². The lowest BCUT2D eigenvalue weighted by Gasteiger charge is -2.09. The number of hydrogen-bond acceptors (Lipinski definition) is 3. The summed E-state index contributed by atoms with van der Waals surface area (Å²) in [6.07, 6.45) is 7.20. The van der Waals surface area contributed by atoms with E-state index in [1.54, 1.807) is 11.3 Å². The predicted octanol–water partition coefficient (Wildman–Crippen LogP) is 4.77. The van der Waals surface area contributed by atoms with E-state index in [2.05, 4.69) is 41.8 Å². The summed E-state index contributed by atoms with van der Waals surface area (Å²) in [6, 6.07) is 2.85. The molecule has 4 heteroatoms. The largest absolute Gasteiger partial charge is 0.359 e. The third-order valence-corrected chi connectivity index (χ3v) is 5.12. The fraction of sp³-hybridized carbons (Fsp3) is 0.471. The minimum Gasteiger partial charge on any atom is -0.359 e. The van der Waals surface area contributed by atoms with E-state index in [1.165, 1.54) is 42.6 Å². The van der Waals surface area contributed by atoms with Gasteiger partial charge in [-0.1, -0.05) is 18.9 Å². The van der Waals surface area contributed by atoms with Gasteiger partial charge in [0.05, 0.1) is 5.69 Å². The number of aromatic nitrogens is 2. The Hall–Kier alpha value is -1.55. The summed E-state index contributed by atoms with van der Waals surface area (Å²) in [7, 11) is 0. The molecule has 2 aromatic rings. The zero-order valence-corrected chi connectivity index (χ0v) is 13.7. The molecule has 0 saturated heterocycles. The highest BCUT2D eigenvalue weighted by Gasteiger charge is 2.17. The van der Waals surface area contributed by atoms with Crippen LogP contribution < -0.4 is 5.32 Å². The van der Waals surface area contributed by atoms with Crippen LogP contribution in [-0.4, -0.2) is 15.6 Å². The molecule has 0 aromatic carbocycles. The SMILES string of the molecule is C=CCn1c(C)cc(-c2csc(NC3CCCC3)n2)c1C. The highest BCUT2D eigenvalue weighted by Crippen LogP contribution is 2.31. The van der Waals surface area contributed by atoms with Crippen molar-refractivity contribution in [3.63, 3.8) is 0 Å². The fourth-order valence-corrected chi connectivity index (χ4v) is 3.97. The number of rotatable bonds is 5. The van der Waals surface area contributed by atoms with Crippen LogP contribution in [-0.2, 0) is 6.54 Å². The van der Waals surface area contributed by atoms with E-state index in [1.807, 2.05) is 6.08 Å². The fourth-order valence-electron chi connectivity index (χ4n) is 3.18. The number of hydrogen-bond donors (Lipinski definition) is 1. The number of allylic oxidation sites excluding steroid dienone is 1. The first kappa shape index (κ1) is 14.4. The molecule has 0 amide bonds. The second-order valence-electron chi connectivity index (χ2n) is 5.85. The lowest BCUT2D eigenvalue weighted by atomic mass is 10.2.